The Balaban J connectivity index is 1.82. The summed E-state index contributed by atoms with van der Waals surface area (Å²) in [4.78, 5) is 21.4. The van der Waals surface area contributed by atoms with E-state index in [2.05, 4.69) is 33.5 Å². The summed E-state index contributed by atoms with van der Waals surface area (Å²) in [7, 11) is 2.40. The number of fused-ring (bicyclic) bond motifs is 1. The smallest absolute Gasteiger partial charge is 0.254 e. The summed E-state index contributed by atoms with van der Waals surface area (Å²) in [6.45, 7) is 4.50. The molecule has 1 amide bonds. The number of methoxy groups -OCH3 is 2. The zero-order chi connectivity index (χ0) is 23.7. The third-order valence-corrected chi connectivity index (χ3v) is 5.36. The number of pyridine rings is 2. The number of carbonyl (C=O) groups is 1. The molecular weight excluding hydrogens is 434 g/mol. The van der Waals surface area contributed by atoms with Gasteiger partial charge in [-0.1, -0.05) is 12.5 Å². The van der Waals surface area contributed by atoms with E-state index in [0.717, 1.165) is 0 Å². The Morgan fingerprint density at radius 1 is 1.27 bits per heavy atom. The summed E-state index contributed by atoms with van der Waals surface area (Å²) >= 11 is 0. The van der Waals surface area contributed by atoms with Crippen molar-refractivity contribution in [2.75, 3.05) is 33.0 Å². The van der Waals surface area contributed by atoms with Gasteiger partial charge in [-0.2, -0.15) is 18.9 Å². The van der Waals surface area contributed by atoms with Crippen LogP contribution in [0.15, 0.2) is 24.9 Å². The number of likely N-dealkylation sites (tertiary alicyclic amines) is 1. The van der Waals surface area contributed by atoms with Crippen molar-refractivity contribution >= 4 is 22.6 Å². The van der Waals surface area contributed by atoms with E-state index in [0.29, 0.717) is 30.4 Å². The van der Waals surface area contributed by atoms with Gasteiger partial charge in [0.2, 0.25) is 17.5 Å². The van der Waals surface area contributed by atoms with Crippen LogP contribution in [0, 0.1) is 23.5 Å². The predicted molar refractivity (Wildman–Crippen MR) is 116 cm³/mol. The lowest BCUT2D eigenvalue weighted by Crippen LogP contribution is -2.27. The topological polar surface area (TPSA) is 108 Å². The van der Waals surface area contributed by atoms with Crippen LogP contribution in [0.1, 0.15) is 23.7 Å². The van der Waals surface area contributed by atoms with Crippen LogP contribution in [-0.2, 0) is 4.79 Å². The summed E-state index contributed by atoms with van der Waals surface area (Å²) in [6.07, 6.45) is 3.46. The van der Waals surface area contributed by atoms with E-state index in [-0.39, 0.29) is 23.5 Å². The van der Waals surface area contributed by atoms with Crippen LogP contribution < -0.4 is 15.2 Å². The zero-order valence-electron chi connectivity index (χ0n) is 17.9. The molecule has 0 unspecified atom stereocenters. The van der Waals surface area contributed by atoms with Crippen LogP contribution in [0.3, 0.4) is 0 Å². The molecule has 2 N–H and O–H groups in total. The van der Waals surface area contributed by atoms with E-state index in [1.807, 2.05) is 0 Å². The number of hydrogen-bond acceptors (Lipinski definition) is 7. The largest absolute Gasteiger partial charge is 0.479 e. The molecule has 11 heteroatoms. The van der Waals surface area contributed by atoms with E-state index < -0.39 is 29.0 Å². The van der Waals surface area contributed by atoms with Crippen molar-refractivity contribution in [1.29, 1.82) is 0 Å². The number of amides is 1. The monoisotopic (exact) mass is 454 g/mol. The molecule has 1 fully saturated rings. The number of halogens is 2. The maximum atomic E-state index is 14.7. The third kappa shape index (κ3) is 3.80. The van der Waals surface area contributed by atoms with Gasteiger partial charge < -0.3 is 20.1 Å². The van der Waals surface area contributed by atoms with Crippen LogP contribution in [0.4, 0.5) is 14.6 Å². The first-order chi connectivity index (χ1) is 15.9. The second kappa shape index (κ2) is 8.74. The molecule has 1 saturated heterocycles. The predicted octanol–water partition coefficient (Wildman–Crippen LogP) is 2.06. The highest BCUT2D eigenvalue weighted by atomic mass is 19.1. The molecule has 0 radical (unpaired) electrons. The molecule has 9 nitrogen and oxygen atoms in total. The summed E-state index contributed by atoms with van der Waals surface area (Å²) < 4.78 is 40.7. The highest BCUT2D eigenvalue weighted by Crippen LogP contribution is 2.30. The van der Waals surface area contributed by atoms with Crippen molar-refractivity contribution in [3.8, 4) is 23.6 Å². The Morgan fingerprint density at radius 2 is 1.97 bits per heavy atom. The molecule has 4 heterocycles. The van der Waals surface area contributed by atoms with Crippen molar-refractivity contribution in [3.05, 3.63) is 47.8 Å². The first kappa shape index (κ1) is 22.0. The van der Waals surface area contributed by atoms with Crippen LogP contribution in [0.25, 0.3) is 10.9 Å². The molecule has 1 aliphatic rings. The zero-order valence-corrected chi connectivity index (χ0v) is 17.9. The van der Waals surface area contributed by atoms with Gasteiger partial charge in [0.15, 0.2) is 0 Å². The van der Waals surface area contributed by atoms with Gasteiger partial charge in [0.1, 0.15) is 17.1 Å². The van der Waals surface area contributed by atoms with Gasteiger partial charge in [0, 0.05) is 19.3 Å². The number of carbonyl (C=O) groups excluding carboxylic acids is 1. The maximum Gasteiger partial charge on any atom is 0.254 e. The number of aromatic nitrogens is 4. The quantitative estimate of drug-likeness (QED) is 0.475. The molecule has 0 saturated carbocycles. The minimum Gasteiger partial charge on any atom is -0.479 e. The molecular formula is C22H20F2N6O3. The lowest BCUT2D eigenvalue weighted by Gasteiger charge is -2.15. The Morgan fingerprint density at radius 3 is 2.61 bits per heavy atom. The van der Waals surface area contributed by atoms with E-state index in [4.69, 9.17) is 15.2 Å². The third-order valence-electron chi connectivity index (χ3n) is 5.36. The van der Waals surface area contributed by atoms with Crippen LogP contribution in [0.5, 0.6) is 11.8 Å². The Bertz CT molecular complexity index is 1300. The Labute approximate surface area is 187 Å². The summed E-state index contributed by atoms with van der Waals surface area (Å²) in [5.74, 6) is 2.15. The van der Waals surface area contributed by atoms with Crippen molar-refractivity contribution in [3.63, 3.8) is 0 Å². The van der Waals surface area contributed by atoms with Crippen LogP contribution in [-0.4, -0.2) is 57.9 Å². The van der Waals surface area contributed by atoms with Gasteiger partial charge in [0.25, 0.3) is 11.8 Å². The summed E-state index contributed by atoms with van der Waals surface area (Å²) in [6, 6.07) is 1.59. The molecule has 3 aromatic rings. The van der Waals surface area contributed by atoms with Gasteiger partial charge >= 0.3 is 0 Å². The van der Waals surface area contributed by atoms with E-state index in [9.17, 15) is 13.6 Å². The molecule has 1 atom stereocenters. The normalized spacial score (nSPS) is 15.3. The number of rotatable bonds is 4. The molecule has 1 aliphatic heterocycles. The Hall–Kier alpha value is -4.20. The molecule has 170 valence electrons. The first-order valence-electron chi connectivity index (χ1n) is 9.92. The number of nitrogens with zero attached hydrogens (tertiary/aromatic N) is 5. The molecule has 3 aromatic heterocycles. The highest BCUT2D eigenvalue weighted by molar-refractivity contribution is 5.93. The van der Waals surface area contributed by atoms with Crippen molar-refractivity contribution in [1.82, 2.24) is 24.6 Å². The molecule has 0 aliphatic carbocycles. The molecule has 33 heavy (non-hydrogen) atoms. The lowest BCUT2D eigenvalue weighted by molar-refractivity contribution is -0.125. The number of ether oxygens (including phenoxy) is 2. The fraction of sp³-hybridized carbons (Fsp3) is 0.273. The van der Waals surface area contributed by atoms with Crippen molar-refractivity contribution < 1.29 is 23.0 Å². The van der Waals surface area contributed by atoms with E-state index in [1.54, 1.807) is 15.6 Å². The van der Waals surface area contributed by atoms with Crippen LogP contribution in [0.2, 0.25) is 0 Å². The fourth-order valence-electron chi connectivity index (χ4n) is 3.75. The number of hydrogen-bond donors (Lipinski definition) is 1. The number of anilines is 1. The van der Waals surface area contributed by atoms with Crippen molar-refractivity contribution in [2.45, 2.75) is 12.5 Å². The average molecular weight is 454 g/mol. The van der Waals surface area contributed by atoms with E-state index in [1.165, 1.54) is 26.5 Å². The molecule has 0 bridgehead atoms. The average Bonchev–Trinajstić information content (AvgIpc) is 3.44. The van der Waals surface area contributed by atoms with Gasteiger partial charge in [-0.05, 0) is 24.5 Å². The van der Waals surface area contributed by atoms with Gasteiger partial charge in [-0.3, -0.25) is 9.48 Å². The van der Waals surface area contributed by atoms with Gasteiger partial charge in [-0.25, -0.2) is 4.98 Å². The van der Waals surface area contributed by atoms with Gasteiger partial charge in [0.05, 0.1) is 31.2 Å². The lowest BCUT2D eigenvalue weighted by atomic mass is 10.2. The fourth-order valence-corrected chi connectivity index (χ4v) is 3.75. The molecule has 4 rings (SSSR count). The van der Waals surface area contributed by atoms with E-state index >= 15 is 0 Å². The molecule has 0 aromatic carbocycles. The first-order valence-corrected chi connectivity index (χ1v) is 9.92. The Kier molecular flexibility index (Phi) is 5.83. The standard InChI is InChI=1S/C22H20F2N6O3/c1-4-16(31)29-10-8-12(11-29)30-15-7-9-26-20(25)17(15)14(28-30)6-5-13-18(23)21(32-2)27-22(33-3)19(13)24/h4,7,9,12H,1,8,10-11H2,2-3H3,(H2,25,26)/t12-/m0/s1. The number of nitrogens with two attached hydrogens (primary N) is 1. The molecule has 0 spiro atoms. The highest BCUT2D eigenvalue weighted by Gasteiger charge is 2.29. The second-order valence-corrected chi connectivity index (χ2v) is 7.20. The SMILES string of the molecule is C=CC(=O)N1CC[C@H](n2nc(C#Cc3c(F)c(OC)nc(OC)c3F)c3c(N)nccc32)C1. The van der Waals surface area contributed by atoms with Crippen molar-refractivity contribution in [2.24, 2.45) is 0 Å². The summed E-state index contributed by atoms with van der Waals surface area (Å²) in [5, 5.41) is 5.00. The second-order valence-electron chi connectivity index (χ2n) is 7.20. The summed E-state index contributed by atoms with van der Waals surface area (Å²) in [5.41, 5.74) is 6.34. The minimum absolute atomic E-state index is 0.136. The maximum absolute atomic E-state index is 14.7. The number of nitrogen functional groups attached to an aromatic ring is 1. The minimum atomic E-state index is -1.06. The van der Waals surface area contributed by atoms with Crippen LogP contribution >= 0.6 is 0 Å². The van der Waals surface area contributed by atoms with Gasteiger partial charge in [-0.15, -0.1) is 0 Å².